The topological polar surface area (TPSA) is 106 Å². The number of pyridine rings is 2. The van der Waals surface area contributed by atoms with E-state index in [1.807, 2.05) is 18.2 Å². The molecule has 2 heterocycles. The van der Waals surface area contributed by atoms with Crippen molar-refractivity contribution in [3.05, 3.63) is 126 Å². The van der Waals surface area contributed by atoms with E-state index < -0.39 is 29.6 Å². The summed E-state index contributed by atoms with van der Waals surface area (Å²) in [6.45, 7) is 5.22. The van der Waals surface area contributed by atoms with Crippen LogP contribution >= 0.6 is 0 Å². The molecule has 0 saturated heterocycles. The molecule has 0 bridgehead atoms. The van der Waals surface area contributed by atoms with Crippen LogP contribution in [0.25, 0.3) is 16.7 Å². The standard InChI is InChI=1S/C36H32F7N7/c1-3-10-28(23(2)37)50(31-17-15-26(24-11-6-4-7-12-24)33(48-31)46-21-19-29(44)35(38,39)40)32-18-16-27(25-13-8-5-9-14-25)34(49-32)47-22-20-30(45)36(41,42)43/h4-8,10-13,15-22H,2-3,9,14,44-45H2,1H3/b28-10+,29-19?,30-20?,46-21?,47-22?. The fourth-order valence-electron chi connectivity index (χ4n) is 4.69. The molecule has 0 spiro atoms. The summed E-state index contributed by atoms with van der Waals surface area (Å²) in [6, 6.07) is 15.1. The Kier molecular flexibility index (Phi) is 11.9. The number of aliphatic imine (C=N–C) groups is 2. The van der Waals surface area contributed by atoms with Crippen molar-refractivity contribution >= 4 is 41.3 Å². The third kappa shape index (κ3) is 9.43. The van der Waals surface area contributed by atoms with Gasteiger partial charge in [-0.05, 0) is 66.8 Å². The van der Waals surface area contributed by atoms with Crippen LogP contribution in [0.3, 0.4) is 0 Å². The van der Waals surface area contributed by atoms with Gasteiger partial charge >= 0.3 is 12.4 Å². The number of rotatable bonds is 11. The van der Waals surface area contributed by atoms with Gasteiger partial charge in [-0.1, -0.05) is 68.1 Å². The molecule has 4 rings (SSSR count). The molecule has 0 radical (unpaired) electrons. The number of nitrogens with two attached hydrogens (primary N) is 2. The maximum atomic E-state index is 15.2. The lowest BCUT2D eigenvalue weighted by molar-refractivity contribution is -0.0933. The van der Waals surface area contributed by atoms with E-state index in [1.54, 1.807) is 55.5 Å². The molecule has 0 unspecified atom stereocenters. The molecule has 1 aliphatic carbocycles. The minimum Gasteiger partial charge on any atom is -0.395 e. The van der Waals surface area contributed by atoms with Crippen molar-refractivity contribution < 1.29 is 30.7 Å². The smallest absolute Gasteiger partial charge is 0.395 e. The molecule has 260 valence electrons. The average Bonchev–Trinajstić information content (AvgIpc) is 3.08. The maximum Gasteiger partial charge on any atom is 0.430 e. The highest BCUT2D eigenvalue weighted by atomic mass is 19.4. The molecule has 50 heavy (non-hydrogen) atoms. The third-order valence-corrected chi connectivity index (χ3v) is 7.10. The van der Waals surface area contributed by atoms with Crippen LogP contribution in [-0.2, 0) is 0 Å². The van der Waals surface area contributed by atoms with Crippen molar-refractivity contribution in [2.45, 2.75) is 38.5 Å². The molecule has 1 aromatic carbocycles. The normalized spacial score (nSPS) is 14.8. The summed E-state index contributed by atoms with van der Waals surface area (Å²) in [6.07, 6.45) is 2.16. The second kappa shape index (κ2) is 16.1. The van der Waals surface area contributed by atoms with Crippen LogP contribution < -0.4 is 16.4 Å². The zero-order valence-corrected chi connectivity index (χ0v) is 26.7. The highest BCUT2D eigenvalue weighted by Crippen LogP contribution is 2.39. The SMILES string of the molecule is C=C(F)/C(=C\CC)N(c1ccc(C2=CC=CCC2)c(N=CC=C(N)C(F)(F)F)n1)c1ccc(-c2ccccc2)c(N=CC=C(N)C(F)(F)F)n1. The summed E-state index contributed by atoms with van der Waals surface area (Å²) in [5.74, 6) is -0.808. The van der Waals surface area contributed by atoms with Gasteiger partial charge in [0.15, 0.2) is 11.6 Å². The first-order valence-corrected chi connectivity index (χ1v) is 15.1. The Hall–Kier alpha value is -5.79. The Morgan fingerprint density at radius 2 is 1.38 bits per heavy atom. The van der Waals surface area contributed by atoms with Gasteiger partial charge in [-0.15, -0.1) is 0 Å². The number of anilines is 2. The number of alkyl halides is 6. The maximum absolute atomic E-state index is 15.2. The van der Waals surface area contributed by atoms with E-state index in [-0.39, 0.29) is 29.0 Å². The Bertz CT molecular complexity index is 1920. The van der Waals surface area contributed by atoms with Gasteiger partial charge in [0, 0.05) is 23.6 Å². The minimum atomic E-state index is -4.78. The Morgan fingerprint density at radius 3 is 1.86 bits per heavy atom. The highest BCUT2D eigenvalue weighted by Gasteiger charge is 2.31. The van der Waals surface area contributed by atoms with E-state index in [2.05, 4.69) is 26.5 Å². The number of nitrogens with zero attached hydrogens (tertiary/aromatic N) is 5. The molecule has 7 nitrogen and oxygen atoms in total. The Balaban J connectivity index is 1.95. The summed E-state index contributed by atoms with van der Waals surface area (Å²) in [5.41, 5.74) is 9.86. The van der Waals surface area contributed by atoms with Gasteiger partial charge in [-0.25, -0.2) is 24.3 Å². The lowest BCUT2D eigenvalue weighted by Crippen LogP contribution is -2.20. The number of allylic oxidation sites excluding steroid dienone is 10. The largest absolute Gasteiger partial charge is 0.430 e. The third-order valence-electron chi connectivity index (χ3n) is 7.10. The highest BCUT2D eigenvalue weighted by molar-refractivity contribution is 5.84. The molecule has 0 fully saturated rings. The van der Waals surface area contributed by atoms with E-state index in [4.69, 9.17) is 11.5 Å². The molecule has 1 aliphatic rings. The van der Waals surface area contributed by atoms with Crippen molar-refractivity contribution in [3.63, 3.8) is 0 Å². The lowest BCUT2D eigenvalue weighted by Gasteiger charge is -2.26. The van der Waals surface area contributed by atoms with Gasteiger partial charge in [0.2, 0.25) is 0 Å². The van der Waals surface area contributed by atoms with E-state index in [1.165, 1.54) is 17.0 Å². The van der Waals surface area contributed by atoms with Crippen molar-refractivity contribution in [1.82, 2.24) is 9.97 Å². The summed E-state index contributed by atoms with van der Waals surface area (Å²) in [4.78, 5) is 18.9. The second-order valence-corrected chi connectivity index (χ2v) is 10.6. The summed E-state index contributed by atoms with van der Waals surface area (Å²) >= 11 is 0. The van der Waals surface area contributed by atoms with E-state index in [0.717, 1.165) is 18.0 Å². The Morgan fingerprint density at radius 1 is 0.840 bits per heavy atom. The monoisotopic (exact) mass is 695 g/mol. The molecule has 0 saturated carbocycles. The van der Waals surface area contributed by atoms with Crippen molar-refractivity contribution in [2.24, 2.45) is 21.5 Å². The van der Waals surface area contributed by atoms with E-state index in [0.29, 0.717) is 48.1 Å². The molecule has 2 aromatic heterocycles. The molecule has 3 aromatic rings. The van der Waals surface area contributed by atoms with Crippen molar-refractivity contribution in [3.8, 4) is 11.1 Å². The van der Waals surface area contributed by atoms with Crippen LogP contribution in [0, 0.1) is 0 Å². The molecular formula is C36H32F7N7. The molecule has 0 atom stereocenters. The van der Waals surface area contributed by atoms with Crippen molar-refractivity contribution in [1.29, 1.82) is 0 Å². The molecule has 4 N–H and O–H groups in total. The first-order valence-electron chi connectivity index (χ1n) is 15.1. The van der Waals surface area contributed by atoms with Gasteiger partial charge < -0.3 is 11.5 Å². The van der Waals surface area contributed by atoms with Crippen LogP contribution in [-0.4, -0.2) is 34.7 Å². The first kappa shape index (κ1) is 37.0. The number of hydrogen-bond donors (Lipinski definition) is 2. The van der Waals surface area contributed by atoms with E-state index >= 15 is 4.39 Å². The van der Waals surface area contributed by atoms with Gasteiger partial charge in [0.05, 0.1) is 5.70 Å². The second-order valence-electron chi connectivity index (χ2n) is 10.6. The predicted octanol–water partition coefficient (Wildman–Crippen LogP) is 10.0. The van der Waals surface area contributed by atoms with Gasteiger partial charge in [-0.2, -0.15) is 26.3 Å². The number of aromatic nitrogens is 2. The van der Waals surface area contributed by atoms with Crippen LogP contribution in [0.2, 0.25) is 0 Å². The summed E-state index contributed by atoms with van der Waals surface area (Å²) in [5, 5.41) is 0. The van der Waals surface area contributed by atoms with E-state index in [9.17, 15) is 26.3 Å². The molecule has 14 heteroatoms. The van der Waals surface area contributed by atoms with Crippen LogP contribution in [0.1, 0.15) is 31.7 Å². The number of halogens is 7. The van der Waals surface area contributed by atoms with Crippen LogP contribution in [0.5, 0.6) is 0 Å². The zero-order chi connectivity index (χ0) is 36.5. The lowest BCUT2D eigenvalue weighted by atomic mass is 9.98. The summed E-state index contributed by atoms with van der Waals surface area (Å²) < 4.78 is 93.5. The zero-order valence-electron chi connectivity index (χ0n) is 26.7. The molecular weight excluding hydrogens is 663 g/mol. The fraction of sp³-hybridized carbons (Fsp3) is 0.167. The number of benzene rings is 1. The van der Waals surface area contributed by atoms with Crippen LogP contribution in [0.4, 0.5) is 54.0 Å². The predicted molar refractivity (Wildman–Crippen MR) is 184 cm³/mol. The van der Waals surface area contributed by atoms with Crippen LogP contribution in [0.15, 0.2) is 131 Å². The fourth-order valence-corrected chi connectivity index (χ4v) is 4.69. The minimum absolute atomic E-state index is 0.00695. The Labute approximate surface area is 284 Å². The summed E-state index contributed by atoms with van der Waals surface area (Å²) in [7, 11) is 0. The molecule has 0 amide bonds. The van der Waals surface area contributed by atoms with Gasteiger partial charge in [0.1, 0.15) is 28.9 Å². The average molecular weight is 696 g/mol. The quantitative estimate of drug-likeness (QED) is 0.118. The first-order chi connectivity index (χ1) is 23.7. The molecule has 0 aliphatic heterocycles. The van der Waals surface area contributed by atoms with Gasteiger partial charge in [0.25, 0.3) is 0 Å². The van der Waals surface area contributed by atoms with Gasteiger partial charge in [-0.3, -0.25) is 4.90 Å². The van der Waals surface area contributed by atoms with Crippen molar-refractivity contribution in [2.75, 3.05) is 4.90 Å². The number of hydrogen-bond acceptors (Lipinski definition) is 7.